The van der Waals surface area contributed by atoms with E-state index >= 15 is 0 Å². The number of carbonyl (C=O) groups excluding carboxylic acids is 3. The second kappa shape index (κ2) is 5.27. The minimum absolute atomic E-state index is 0.203. The third-order valence-corrected chi connectivity index (χ3v) is 3.14. The van der Waals surface area contributed by atoms with E-state index in [9.17, 15) is 14.4 Å². The first kappa shape index (κ1) is 13.6. The number of barbiturate groups is 1. The van der Waals surface area contributed by atoms with Gasteiger partial charge in [0.1, 0.15) is 5.92 Å². The summed E-state index contributed by atoms with van der Waals surface area (Å²) in [5.41, 5.74) is 5.39. The van der Waals surface area contributed by atoms with Crippen LogP contribution in [-0.4, -0.2) is 47.3 Å². The maximum absolute atomic E-state index is 12.1. The zero-order valence-corrected chi connectivity index (χ0v) is 10.5. The minimum Gasteiger partial charge on any atom is -0.330 e. The van der Waals surface area contributed by atoms with Gasteiger partial charge in [0.25, 0.3) is 0 Å². The quantitative estimate of drug-likeness (QED) is 0.711. The van der Waals surface area contributed by atoms with Crippen LogP contribution in [0.3, 0.4) is 0 Å². The van der Waals surface area contributed by atoms with Gasteiger partial charge in [0.15, 0.2) is 0 Å². The second-order valence-corrected chi connectivity index (χ2v) is 4.28. The number of nitrogens with zero attached hydrogens (tertiary/aromatic N) is 2. The molecule has 96 valence electrons. The highest BCUT2D eigenvalue weighted by Gasteiger charge is 2.44. The van der Waals surface area contributed by atoms with Crippen LogP contribution in [0.15, 0.2) is 0 Å². The predicted octanol–water partition coefficient (Wildman–Crippen LogP) is 0.171. The summed E-state index contributed by atoms with van der Waals surface area (Å²) in [4.78, 5) is 37.9. The molecule has 0 aromatic rings. The molecule has 0 bridgehead atoms. The molecule has 1 fully saturated rings. The van der Waals surface area contributed by atoms with Gasteiger partial charge in [-0.25, -0.2) is 4.79 Å². The van der Waals surface area contributed by atoms with Gasteiger partial charge in [-0.05, 0) is 26.3 Å². The number of hydrogen-bond donors (Lipinski definition) is 1. The van der Waals surface area contributed by atoms with Crippen LogP contribution in [0.1, 0.15) is 26.7 Å². The number of rotatable bonds is 4. The lowest BCUT2D eigenvalue weighted by molar-refractivity contribution is -0.149. The van der Waals surface area contributed by atoms with E-state index in [2.05, 4.69) is 0 Å². The van der Waals surface area contributed by atoms with Gasteiger partial charge in [-0.15, -0.1) is 0 Å². The van der Waals surface area contributed by atoms with Crippen LogP contribution in [0.2, 0.25) is 0 Å². The first-order valence-corrected chi connectivity index (χ1v) is 5.80. The number of hydrogen-bond acceptors (Lipinski definition) is 4. The molecule has 1 rings (SSSR count). The van der Waals surface area contributed by atoms with Crippen molar-refractivity contribution in [3.05, 3.63) is 0 Å². The van der Waals surface area contributed by atoms with Crippen molar-refractivity contribution in [2.45, 2.75) is 32.7 Å². The predicted molar refractivity (Wildman–Crippen MR) is 61.9 cm³/mol. The molecule has 1 aliphatic heterocycles. The fraction of sp³-hybridized carbons (Fsp3) is 0.727. The number of imide groups is 2. The first-order chi connectivity index (χ1) is 7.95. The molecule has 1 aliphatic rings. The Kier molecular flexibility index (Phi) is 4.22. The van der Waals surface area contributed by atoms with Crippen molar-refractivity contribution in [2.75, 3.05) is 13.6 Å². The zero-order chi connectivity index (χ0) is 13.2. The Morgan fingerprint density at radius 1 is 1.29 bits per heavy atom. The fourth-order valence-corrected chi connectivity index (χ4v) is 1.86. The summed E-state index contributed by atoms with van der Waals surface area (Å²) in [6, 6.07) is -0.742. The Labute approximate surface area is 101 Å². The van der Waals surface area contributed by atoms with Crippen molar-refractivity contribution < 1.29 is 14.4 Å². The summed E-state index contributed by atoms with van der Waals surface area (Å²) >= 11 is 0. The van der Waals surface area contributed by atoms with Crippen LogP contribution in [-0.2, 0) is 9.59 Å². The molecule has 6 nitrogen and oxygen atoms in total. The largest absolute Gasteiger partial charge is 0.333 e. The molecule has 4 amide bonds. The van der Waals surface area contributed by atoms with E-state index in [1.165, 1.54) is 11.9 Å². The van der Waals surface area contributed by atoms with Crippen molar-refractivity contribution in [1.82, 2.24) is 9.80 Å². The Balaban J connectivity index is 3.03. The highest BCUT2D eigenvalue weighted by atomic mass is 16.2. The normalized spacial score (nSPS) is 23.3. The van der Waals surface area contributed by atoms with Gasteiger partial charge in [0.05, 0.1) is 0 Å². The molecule has 17 heavy (non-hydrogen) atoms. The van der Waals surface area contributed by atoms with E-state index in [0.29, 0.717) is 6.42 Å². The summed E-state index contributed by atoms with van der Waals surface area (Å²) in [6.45, 7) is 3.93. The van der Waals surface area contributed by atoms with E-state index in [1.54, 1.807) is 6.92 Å². The highest BCUT2D eigenvalue weighted by Crippen LogP contribution is 2.22. The lowest BCUT2D eigenvalue weighted by Crippen LogP contribution is -2.60. The summed E-state index contributed by atoms with van der Waals surface area (Å²) < 4.78 is 0. The highest BCUT2D eigenvalue weighted by molar-refractivity contribution is 6.16. The molecule has 1 heterocycles. The maximum Gasteiger partial charge on any atom is 0.333 e. The van der Waals surface area contributed by atoms with Crippen LogP contribution in [0.25, 0.3) is 0 Å². The SMILES string of the molecule is CCC(C)N1C(=O)C(CCN)C(=O)N(C)C1=O. The summed E-state index contributed by atoms with van der Waals surface area (Å²) in [6.07, 6.45) is 0.942. The van der Waals surface area contributed by atoms with Gasteiger partial charge >= 0.3 is 6.03 Å². The maximum atomic E-state index is 12.1. The molecule has 0 saturated carbocycles. The van der Waals surface area contributed by atoms with Crippen molar-refractivity contribution in [1.29, 1.82) is 0 Å². The lowest BCUT2D eigenvalue weighted by Gasteiger charge is -2.37. The molecular weight excluding hydrogens is 222 g/mol. The van der Waals surface area contributed by atoms with Crippen LogP contribution in [0, 0.1) is 5.92 Å². The molecule has 0 radical (unpaired) electrons. The van der Waals surface area contributed by atoms with Gasteiger partial charge in [0.2, 0.25) is 11.8 Å². The molecule has 2 atom stereocenters. The van der Waals surface area contributed by atoms with E-state index in [0.717, 1.165) is 4.90 Å². The van der Waals surface area contributed by atoms with Crippen LogP contribution >= 0.6 is 0 Å². The van der Waals surface area contributed by atoms with Gasteiger partial charge in [-0.1, -0.05) is 6.92 Å². The first-order valence-electron chi connectivity index (χ1n) is 5.80. The van der Waals surface area contributed by atoms with Crippen molar-refractivity contribution in [3.63, 3.8) is 0 Å². The Morgan fingerprint density at radius 3 is 2.35 bits per heavy atom. The standard InChI is InChI=1S/C11H19N3O3/c1-4-7(2)14-10(16)8(5-6-12)9(15)13(3)11(14)17/h7-8H,4-6,12H2,1-3H3. The van der Waals surface area contributed by atoms with E-state index < -0.39 is 23.8 Å². The number of carbonyl (C=O) groups is 3. The molecule has 0 aliphatic carbocycles. The van der Waals surface area contributed by atoms with Gasteiger partial charge in [-0.3, -0.25) is 19.4 Å². The summed E-state index contributed by atoms with van der Waals surface area (Å²) in [5.74, 6) is -1.68. The van der Waals surface area contributed by atoms with Crippen molar-refractivity contribution >= 4 is 17.8 Å². The minimum atomic E-state index is -0.809. The number of amides is 4. The Hall–Kier alpha value is -1.43. The average molecular weight is 241 g/mol. The van der Waals surface area contributed by atoms with Crippen LogP contribution < -0.4 is 5.73 Å². The van der Waals surface area contributed by atoms with Gasteiger partial charge in [-0.2, -0.15) is 0 Å². The lowest BCUT2D eigenvalue weighted by atomic mass is 9.98. The van der Waals surface area contributed by atoms with Crippen LogP contribution in [0.5, 0.6) is 0 Å². The van der Waals surface area contributed by atoms with E-state index in [4.69, 9.17) is 5.73 Å². The van der Waals surface area contributed by atoms with E-state index in [1.807, 2.05) is 6.92 Å². The summed E-state index contributed by atoms with van der Waals surface area (Å²) in [5, 5.41) is 0. The fourth-order valence-electron chi connectivity index (χ4n) is 1.86. The van der Waals surface area contributed by atoms with E-state index in [-0.39, 0.29) is 19.0 Å². The zero-order valence-electron chi connectivity index (χ0n) is 10.5. The number of urea groups is 1. The molecular formula is C11H19N3O3. The molecule has 2 unspecified atom stereocenters. The topological polar surface area (TPSA) is 83.7 Å². The van der Waals surface area contributed by atoms with Crippen molar-refractivity contribution in [2.24, 2.45) is 11.7 Å². The molecule has 0 spiro atoms. The number of nitrogens with two attached hydrogens (primary N) is 1. The molecule has 6 heteroatoms. The smallest absolute Gasteiger partial charge is 0.330 e. The second-order valence-electron chi connectivity index (χ2n) is 4.28. The monoisotopic (exact) mass is 241 g/mol. The Bertz CT molecular complexity index is 343. The molecule has 0 aromatic heterocycles. The summed E-state index contributed by atoms with van der Waals surface area (Å²) in [7, 11) is 1.40. The third-order valence-electron chi connectivity index (χ3n) is 3.14. The molecule has 2 N–H and O–H groups in total. The van der Waals surface area contributed by atoms with Gasteiger partial charge < -0.3 is 5.73 Å². The van der Waals surface area contributed by atoms with Gasteiger partial charge in [0, 0.05) is 13.1 Å². The third kappa shape index (κ3) is 2.31. The van der Waals surface area contributed by atoms with Crippen LogP contribution in [0.4, 0.5) is 4.79 Å². The Morgan fingerprint density at radius 2 is 1.88 bits per heavy atom. The molecule has 0 aromatic carbocycles. The molecule has 1 saturated heterocycles. The van der Waals surface area contributed by atoms with Crippen molar-refractivity contribution in [3.8, 4) is 0 Å². The average Bonchev–Trinajstić information content (AvgIpc) is 2.32.